The van der Waals surface area contributed by atoms with Crippen LogP contribution in [-0.4, -0.2) is 23.8 Å². The number of carbonyl (C=O) groups excluding carboxylic acids is 1. The first-order chi connectivity index (χ1) is 8.99. The number of hydrogen-bond donors (Lipinski definition) is 2. The molecule has 2 N–H and O–H groups in total. The van der Waals surface area contributed by atoms with Crippen molar-refractivity contribution in [1.29, 1.82) is 0 Å². The number of hydrogen-bond acceptors (Lipinski definition) is 3. The third-order valence-corrected chi connectivity index (χ3v) is 2.43. The second-order valence-electron chi connectivity index (χ2n) is 4.69. The summed E-state index contributed by atoms with van der Waals surface area (Å²) in [6.07, 6.45) is -0.544. The van der Waals surface area contributed by atoms with E-state index in [-0.39, 0.29) is 18.9 Å². The van der Waals surface area contributed by atoms with Crippen molar-refractivity contribution in [1.82, 2.24) is 5.32 Å². The average molecular weight is 265 g/mol. The third kappa shape index (κ3) is 5.90. The molecule has 0 saturated heterocycles. The van der Waals surface area contributed by atoms with Gasteiger partial charge in [-0.05, 0) is 17.0 Å². The molecular formula is C14H19NO4. The minimum Gasteiger partial charge on any atom is -0.481 e. The minimum absolute atomic E-state index is 0.0567. The Morgan fingerprint density at radius 3 is 2.47 bits per heavy atom. The van der Waals surface area contributed by atoms with E-state index in [2.05, 4.69) is 5.32 Å². The molecule has 0 aliphatic heterocycles. The molecule has 0 bridgehead atoms. The van der Waals surface area contributed by atoms with E-state index < -0.39 is 12.1 Å². The monoisotopic (exact) mass is 265 g/mol. The van der Waals surface area contributed by atoms with Crippen molar-refractivity contribution in [2.75, 3.05) is 6.61 Å². The van der Waals surface area contributed by atoms with Crippen molar-refractivity contribution in [3.8, 4) is 0 Å². The molecule has 104 valence electrons. The lowest BCUT2D eigenvalue weighted by atomic mass is 10.0. The molecule has 0 unspecified atom stereocenters. The van der Waals surface area contributed by atoms with Crippen LogP contribution >= 0.6 is 0 Å². The Morgan fingerprint density at radius 2 is 1.89 bits per heavy atom. The third-order valence-electron chi connectivity index (χ3n) is 2.43. The Labute approximate surface area is 112 Å². The van der Waals surface area contributed by atoms with E-state index in [1.54, 1.807) is 18.2 Å². The molecule has 1 rings (SSSR count). The van der Waals surface area contributed by atoms with Crippen LogP contribution in [0.25, 0.3) is 0 Å². The summed E-state index contributed by atoms with van der Waals surface area (Å²) in [7, 11) is 0. The number of amides is 1. The number of carboxylic acids is 1. The Morgan fingerprint density at radius 1 is 1.26 bits per heavy atom. The minimum atomic E-state index is -0.894. The van der Waals surface area contributed by atoms with Crippen molar-refractivity contribution in [3.63, 3.8) is 0 Å². The van der Waals surface area contributed by atoms with Gasteiger partial charge in [-0.25, -0.2) is 4.79 Å². The van der Waals surface area contributed by atoms with Crippen LogP contribution in [0.5, 0.6) is 0 Å². The lowest BCUT2D eigenvalue weighted by Gasteiger charge is -2.11. The lowest BCUT2D eigenvalue weighted by molar-refractivity contribution is -0.136. The molecule has 0 aromatic heterocycles. The number of carboxylic acid groups (broad SMARTS) is 1. The van der Waals surface area contributed by atoms with Crippen LogP contribution in [0, 0.1) is 5.92 Å². The van der Waals surface area contributed by atoms with Gasteiger partial charge in [0.25, 0.3) is 0 Å². The maximum atomic E-state index is 11.4. The molecule has 19 heavy (non-hydrogen) atoms. The standard InChI is InChI=1S/C14H19NO4/c1-10(2)9-19-14(18)15-8-12-6-4-3-5-11(12)7-13(16)17/h3-6,10H,7-9H2,1-2H3,(H,15,18)(H,16,17). The van der Waals surface area contributed by atoms with Gasteiger partial charge in [-0.1, -0.05) is 38.1 Å². The predicted octanol–water partition coefficient (Wildman–Crippen LogP) is 2.20. The highest BCUT2D eigenvalue weighted by molar-refractivity contribution is 5.71. The van der Waals surface area contributed by atoms with Crippen LogP contribution in [0.4, 0.5) is 4.79 Å². The molecule has 5 nitrogen and oxygen atoms in total. The number of nitrogens with one attached hydrogen (secondary N) is 1. The van der Waals surface area contributed by atoms with E-state index in [1.165, 1.54) is 0 Å². The zero-order chi connectivity index (χ0) is 14.3. The Balaban J connectivity index is 2.52. The quantitative estimate of drug-likeness (QED) is 0.826. The maximum Gasteiger partial charge on any atom is 0.407 e. The summed E-state index contributed by atoms with van der Waals surface area (Å²) < 4.78 is 4.98. The second-order valence-corrected chi connectivity index (χ2v) is 4.69. The van der Waals surface area contributed by atoms with Gasteiger partial charge in [0.1, 0.15) is 0 Å². The van der Waals surface area contributed by atoms with Gasteiger partial charge in [-0.15, -0.1) is 0 Å². The molecule has 1 aromatic rings. The molecule has 1 aromatic carbocycles. The molecule has 5 heteroatoms. The summed E-state index contributed by atoms with van der Waals surface area (Å²) in [5, 5.41) is 11.4. The second kappa shape index (κ2) is 7.41. The summed E-state index contributed by atoms with van der Waals surface area (Å²) in [4.78, 5) is 22.1. The Kier molecular flexibility index (Phi) is 5.85. The van der Waals surface area contributed by atoms with E-state index in [0.717, 1.165) is 5.56 Å². The number of rotatable bonds is 6. The van der Waals surface area contributed by atoms with Crippen molar-refractivity contribution < 1.29 is 19.4 Å². The highest BCUT2D eigenvalue weighted by atomic mass is 16.5. The van der Waals surface area contributed by atoms with Crippen molar-refractivity contribution in [2.24, 2.45) is 5.92 Å². The van der Waals surface area contributed by atoms with Crippen LogP contribution in [0.1, 0.15) is 25.0 Å². The fourth-order valence-corrected chi connectivity index (χ4v) is 1.53. The summed E-state index contributed by atoms with van der Waals surface area (Å²) >= 11 is 0. The summed E-state index contributed by atoms with van der Waals surface area (Å²) in [6, 6.07) is 7.12. The molecule has 0 aliphatic rings. The van der Waals surface area contributed by atoms with Gasteiger partial charge in [0.15, 0.2) is 0 Å². The predicted molar refractivity (Wildman–Crippen MR) is 70.8 cm³/mol. The average Bonchev–Trinajstić information content (AvgIpc) is 2.34. The van der Waals surface area contributed by atoms with Gasteiger partial charge in [-0.3, -0.25) is 4.79 Å². The molecule has 0 atom stereocenters. The topological polar surface area (TPSA) is 75.6 Å². The zero-order valence-corrected chi connectivity index (χ0v) is 11.2. The summed E-state index contributed by atoms with van der Waals surface area (Å²) in [5.74, 6) is -0.611. The van der Waals surface area contributed by atoms with Gasteiger partial charge in [-0.2, -0.15) is 0 Å². The van der Waals surface area contributed by atoms with Crippen molar-refractivity contribution >= 4 is 12.1 Å². The smallest absolute Gasteiger partial charge is 0.407 e. The molecule has 1 amide bonds. The van der Waals surface area contributed by atoms with Gasteiger partial charge >= 0.3 is 12.1 Å². The fraction of sp³-hybridized carbons (Fsp3) is 0.429. The first-order valence-corrected chi connectivity index (χ1v) is 6.18. The molecule has 0 heterocycles. The molecule has 0 saturated carbocycles. The van der Waals surface area contributed by atoms with E-state index >= 15 is 0 Å². The van der Waals surface area contributed by atoms with Crippen molar-refractivity contribution in [3.05, 3.63) is 35.4 Å². The first kappa shape index (κ1) is 15.0. The zero-order valence-electron chi connectivity index (χ0n) is 11.2. The van der Waals surface area contributed by atoms with Gasteiger partial charge in [0.2, 0.25) is 0 Å². The van der Waals surface area contributed by atoms with Crippen LogP contribution < -0.4 is 5.32 Å². The van der Waals surface area contributed by atoms with E-state index in [4.69, 9.17) is 9.84 Å². The van der Waals surface area contributed by atoms with Crippen molar-refractivity contribution in [2.45, 2.75) is 26.8 Å². The van der Waals surface area contributed by atoms with Crippen LogP contribution in [0.2, 0.25) is 0 Å². The Hall–Kier alpha value is -2.04. The molecular weight excluding hydrogens is 246 g/mol. The fourth-order valence-electron chi connectivity index (χ4n) is 1.53. The van der Waals surface area contributed by atoms with Gasteiger partial charge in [0.05, 0.1) is 13.0 Å². The summed E-state index contributed by atoms with van der Waals surface area (Å²) in [5.41, 5.74) is 1.48. The molecule has 0 aliphatic carbocycles. The first-order valence-electron chi connectivity index (χ1n) is 6.18. The normalized spacial score (nSPS) is 10.3. The van der Waals surface area contributed by atoms with Gasteiger partial charge in [0, 0.05) is 6.54 Å². The summed E-state index contributed by atoms with van der Waals surface area (Å²) in [6.45, 7) is 4.54. The number of aliphatic carboxylic acids is 1. The highest BCUT2D eigenvalue weighted by Crippen LogP contribution is 2.09. The lowest BCUT2D eigenvalue weighted by Crippen LogP contribution is -2.25. The molecule has 0 radical (unpaired) electrons. The largest absolute Gasteiger partial charge is 0.481 e. The number of benzene rings is 1. The van der Waals surface area contributed by atoms with E-state index in [0.29, 0.717) is 12.2 Å². The highest BCUT2D eigenvalue weighted by Gasteiger charge is 2.08. The molecule has 0 fully saturated rings. The van der Waals surface area contributed by atoms with E-state index in [9.17, 15) is 9.59 Å². The van der Waals surface area contributed by atoms with Crippen LogP contribution in [-0.2, 0) is 22.5 Å². The number of alkyl carbamates (subject to hydrolysis) is 1. The maximum absolute atomic E-state index is 11.4. The van der Waals surface area contributed by atoms with Crippen LogP contribution in [0.3, 0.4) is 0 Å². The molecule has 0 spiro atoms. The SMILES string of the molecule is CC(C)COC(=O)NCc1ccccc1CC(=O)O. The van der Waals surface area contributed by atoms with Crippen LogP contribution in [0.15, 0.2) is 24.3 Å². The number of carbonyl (C=O) groups is 2. The van der Waals surface area contributed by atoms with E-state index in [1.807, 2.05) is 19.9 Å². The van der Waals surface area contributed by atoms with Gasteiger partial charge < -0.3 is 15.2 Å². The number of ether oxygens (including phenoxy) is 1. The Bertz CT molecular complexity index is 443.